The van der Waals surface area contributed by atoms with Gasteiger partial charge in [-0.3, -0.25) is 23.7 Å². The molecule has 8 aromatic rings. The van der Waals surface area contributed by atoms with Crippen molar-refractivity contribution in [2.75, 3.05) is 7.11 Å². The van der Waals surface area contributed by atoms with Gasteiger partial charge in [-0.2, -0.15) is 0 Å². The zero-order chi connectivity index (χ0) is 36.0. The van der Waals surface area contributed by atoms with Crippen LogP contribution in [0.15, 0.2) is 150 Å². The summed E-state index contributed by atoms with van der Waals surface area (Å²) in [6.07, 6.45) is 7.88. The van der Waals surface area contributed by atoms with Crippen molar-refractivity contribution in [2.45, 2.75) is 13.1 Å². The molecule has 0 spiro atoms. The third-order valence-corrected chi connectivity index (χ3v) is 8.52. The van der Waals surface area contributed by atoms with Crippen LogP contribution in [0.3, 0.4) is 0 Å². The summed E-state index contributed by atoms with van der Waals surface area (Å²) in [6, 6.07) is 31.4. The predicted octanol–water partition coefficient (Wildman–Crippen LogP) is 7.30. The summed E-state index contributed by atoms with van der Waals surface area (Å²) in [5.74, 6) is -0.282. The van der Waals surface area contributed by atoms with E-state index in [-0.39, 0.29) is 35.8 Å². The zero-order valence-electron chi connectivity index (χ0n) is 27.9. The Labute approximate surface area is 296 Å². The molecule has 9 nitrogen and oxygen atoms in total. The molecule has 0 saturated carbocycles. The van der Waals surface area contributed by atoms with Gasteiger partial charge in [0.1, 0.15) is 11.6 Å². The van der Waals surface area contributed by atoms with Crippen molar-refractivity contribution < 1.29 is 13.5 Å². The van der Waals surface area contributed by atoms with Crippen molar-refractivity contribution in [3.05, 3.63) is 184 Å². The molecule has 0 aliphatic heterocycles. The average molecular weight is 693 g/mol. The minimum Gasteiger partial charge on any atom is -0.481 e. The maximum atomic E-state index is 14.7. The highest BCUT2D eigenvalue weighted by atomic mass is 19.1. The Balaban J connectivity index is 0.000000162. The van der Waals surface area contributed by atoms with Gasteiger partial charge in [-0.15, -0.1) is 0 Å². The molecular formula is C41H30F2N6O3. The summed E-state index contributed by atoms with van der Waals surface area (Å²) in [6.45, 7) is 0.248. The molecule has 0 N–H and O–H groups in total. The zero-order valence-corrected chi connectivity index (χ0v) is 27.9. The first kappa shape index (κ1) is 33.6. The molecule has 4 heterocycles. The maximum absolute atomic E-state index is 14.7. The van der Waals surface area contributed by atoms with E-state index in [1.54, 1.807) is 79.3 Å². The molecule has 11 heteroatoms. The molecule has 52 heavy (non-hydrogen) atoms. The fraction of sp³-hybridized carbons (Fsp3) is 0.0732. The molecule has 4 aromatic heterocycles. The van der Waals surface area contributed by atoms with Crippen LogP contribution in [0.5, 0.6) is 5.88 Å². The number of fused-ring (bicyclic) bond motifs is 2. The fourth-order valence-corrected chi connectivity index (χ4v) is 5.75. The summed E-state index contributed by atoms with van der Waals surface area (Å²) in [7, 11) is 1.53. The molecule has 0 atom stereocenters. The number of halogens is 2. The lowest BCUT2D eigenvalue weighted by atomic mass is 10.0. The molecular weight excluding hydrogens is 662 g/mol. The lowest BCUT2D eigenvalue weighted by Gasteiger charge is -2.10. The van der Waals surface area contributed by atoms with Crippen LogP contribution in [0.25, 0.3) is 44.1 Å². The van der Waals surface area contributed by atoms with Gasteiger partial charge in [0.05, 0.1) is 54.7 Å². The number of hydrogen-bond acceptors (Lipinski definition) is 7. The molecule has 0 saturated heterocycles. The fourth-order valence-electron chi connectivity index (χ4n) is 5.75. The predicted molar refractivity (Wildman–Crippen MR) is 196 cm³/mol. The van der Waals surface area contributed by atoms with E-state index in [1.807, 2.05) is 36.4 Å². The number of para-hydroxylation sites is 2. The molecule has 0 radical (unpaired) electrons. The van der Waals surface area contributed by atoms with Gasteiger partial charge in [0.2, 0.25) is 5.88 Å². The van der Waals surface area contributed by atoms with Crippen LogP contribution in [0.2, 0.25) is 0 Å². The second-order valence-electron chi connectivity index (χ2n) is 11.8. The number of methoxy groups -OCH3 is 1. The SMILES string of the molecule is COc1cc(-c2ccc(Cn3cnc4ccccc4c3=O)c(F)c2)ccn1.O=c1c2ccccc2ncn1Cc1ccc(-c2cccnc2)cc1F. The molecule has 0 aliphatic carbocycles. The number of nitrogens with zero attached hydrogens (tertiary/aromatic N) is 6. The van der Waals surface area contributed by atoms with E-state index < -0.39 is 0 Å². The first-order valence-electron chi connectivity index (χ1n) is 16.2. The van der Waals surface area contributed by atoms with E-state index >= 15 is 0 Å². The third kappa shape index (κ3) is 7.19. The minimum absolute atomic E-state index is 0.114. The normalized spacial score (nSPS) is 10.9. The lowest BCUT2D eigenvalue weighted by Crippen LogP contribution is -2.21. The highest BCUT2D eigenvalue weighted by Gasteiger charge is 2.11. The summed E-state index contributed by atoms with van der Waals surface area (Å²) in [5, 5.41) is 1.04. The van der Waals surface area contributed by atoms with Crippen LogP contribution >= 0.6 is 0 Å². The Morgan fingerprint density at radius 2 is 1.12 bits per heavy atom. The number of rotatable bonds is 7. The van der Waals surface area contributed by atoms with E-state index in [2.05, 4.69) is 19.9 Å². The van der Waals surface area contributed by atoms with Crippen molar-refractivity contribution in [1.29, 1.82) is 0 Å². The number of benzene rings is 4. The van der Waals surface area contributed by atoms with E-state index in [1.165, 1.54) is 41.0 Å². The van der Waals surface area contributed by atoms with Crippen molar-refractivity contribution in [3.8, 4) is 28.1 Å². The maximum Gasteiger partial charge on any atom is 0.261 e. The summed E-state index contributed by atoms with van der Waals surface area (Å²) in [5.41, 5.74) is 4.85. The van der Waals surface area contributed by atoms with Crippen LogP contribution in [-0.2, 0) is 13.1 Å². The number of aromatic nitrogens is 6. The summed E-state index contributed by atoms with van der Waals surface area (Å²) < 4.78 is 37.1. The first-order chi connectivity index (χ1) is 25.4. The molecule has 0 fully saturated rings. The number of hydrogen-bond donors (Lipinski definition) is 0. The van der Waals surface area contributed by atoms with Gasteiger partial charge in [0.15, 0.2) is 0 Å². The largest absolute Gasteiger partial charge is 0.481 e. The van der Waals surface area contributed by atoms with Gasteiger partial charge < -0.3 is 4.74 Å². The summed E-state index contributed by atoms with van der Waals surface area (Å²) in [4.78, 5) is 41.7. The monoisotopic (exact) mass is 692 g/mol. The van der Waals surface area contributed by atoms with Gasteiger partial charge >= 0.3 is 0 Å². The van der Waals surface area contributed by atoms with Crippen LogP contribution in [0.1, 0.15) is 11.1 Å². The van der Waals surface area contributed by atoms with Crippen molar-refractivity contribution in [3.63, 3.8) is 0 Å². The molecule has 256 valence electrons. The Bertz CT molecular complexity index is 2660. The third-order valence-electron chi connectivity index (χ3n) is 8.52. The topological polar surface area (TPSA) is 105 Å². The smallest absolute Gasteiger partial charge is 0.261 e. The van der Waals surface area contributed by atoms with Crippen LogP contribution < -0.4 is 15.9 Å². The Morgan fingerprint density at radius 3 is 1.63 bits per heavy atom. The Kier molecular flexibility index (Phi) is 9.65. The van der Waals surface area contributed by atoms with Crippen LogP contribution in [0.4, 0.5) is 8.78 Å². The standard InChI is InChI=1S/C21H16FN3O2.C20H14FN3O/c1-27-20-11-15(8-9-23-20)14-6-7-16(18(22)10-14)12-25-13-24-19-5-3-2-4-17(19)21(25)26;21-18-10-14(15-4-3-9-22-11-15)7-8-16(18)12-24-13-23-19-6-2-1-5-17(19)20(24)25/h2-11,13H,12H2,1H3;1-11,13H,12H2. The van der Waals surface area contributed by atoms with Crippen molar-refractivity contribution in [1.82, 2.24) is 29.1 Å². The van der Waals surface area contributed by atoms with Crippen LogP contribution in [0, 0.1) is 11.6 Å². The molecule has 0 unspecified atom stereocenters. The Morgan fingerprint density at radius 1 is 0.577 bits per heavy atom. The molecule has 0 bridgehead atoms. The molecule has 8 rings (SSSR count). The van der Waals surface area contributed by atoms with Gasteiger partial charge in [0.25, 0.3) is 11.1 Å². The van der Waals surface area contributed by atoms with Gasteiger partial charge in [-0.05, 0) is 65.2 Å². The minimum atomic E-state index is -0.386. The summed E-state index contributed by atoms with van der Waals surface area (Å²) >= 11 is 0. The second kappa shape index (κ2) is 14.9. The molecule has 4 aromatic carbocycles. The Hall–Kier alpha value is -6.88. The van der Waals surface area contributed by atoms with Crippen molar-refractivity contribution in [2.24, 2.45) is 0 Å². The van der Waals surface area contributed by atoms with Gasteiger partial charge in [-0.25, -0.2) is 23.7 Å². The van der Waals surface area contributed by atoms with Gasteiger partial charge in [0, 0.05) is 41.3 Å². The van der Waals surface area contributed by atoms with Crippen LogP contribution in [-0.4, -0.2) is 36.2 Å². The molecule has 0 amide bonds. The lowest BCUT2D eigenvalue weighted by molar-refractivity contribution is 0.398. The van der Waals surface area contributed by atoms with Crippen molar-refractivity contribution >= 4 is 21.8 Å². The number of pyridine rings is 2. The quantitative estimate of drug-likeness (QED) is 0.173. The van der Waals surface area contributed by atoms with Gasteiger partial charge in [-0.1, -0.05) is 54.6 Å². The number of ether oxygens (including phenoxy) is 1. The highest BCUT2D eigenvalue weighted by molar-refractivity contribution is 5.77. The van der Waals surface area contributed by atoms with E-state index in [9.17, 15) is 18.4 Å². The average Bonchev–Trinajstić information content (AvgIpc) is 3.19. The second-order valence-corrected chi connectivity index (χ2v) is 11.8. The molecule has 0 aliphatic rings. The van der Waals surface area contributed by atoms with E-state index in [0.29, 0.717) is 44.4 Å². The first-order valence-corrected chi connectivity index (χ1v) is 16.2. The van der Waals surface area contributed by atoms with E-state index in [0.717, 1.165) is 16.7 Å². The highest BCUT2D eigenvalue weighted by Crippen LogP contribution is 2.25. The van der Waals surface area contributed by atoms with E-state index in [4.69, 9.17) is 4.74 Å².